The molecular formula is C11H20O. The first-order chi connectivity index (χ1) is 5.48. The van der Waals surface area contributed by atoms with E-state index in [0.717, 1.165) is 19.1 Å². The lowest BCUT2D eigenvalue weighted by Crippen LogP contribution is -2.06. The molecule has 0 bridgehead atoms. The van der Waals surface area contributed by atoms with Crippen molar-refractivity contribution in [3.63, 3.8) is 0 Å². The van der Waals surface area contributed by atoms with Crippen LogP contribution in [0, 0.1) is 5.41 Å². The fourth-order valence-corrected chi connectivity index (χ4v) is 1.02. The van der Waals surface area contributed by atoms with Crippen molar-refractivity contribution in [2.45, 2.75) is 40.5 Å². The minimum absolute atomic E-state index is 0.112. The van der Waals surface area contributed by atoms with Crippen molar-refractivity contribution in [1.29, 1.82) is 0 Å². The molecule has 0 heterocycles. The van der Waals surface area contributed by atoms with Crippen LogP contribution in [0.1, 0.15) is 40.5 Å². The fourth-order valence-electron chi connectivity index (χ4n) is 1.02. The third kappa shape index (κ3) is 6.02. The van der Waals surface area contributed by atoms with E-state index in [1.165, 1.54) is 5.57 Å². The Labute approximate surface area is 75.8 Å². The second kappa shape index (κ2) is 5.02. The van der Waals surface area contributed by atoms with Gasteiger partial charge in [0.1, 0.15) is 0 Å². The highest BCUT2D eigenvalue weighted by Crippen LogP contribution is 2.24. The molecule has 0 aliphatic carbocycles. The van der Waals surface area contributed by atoms with Crippen LogP contribution in [0.2, 0.25) is 0 Å². The molecule has 0 aliphatic rings. The predicted molar refractivity (Wildman–Crippen MR) is 54.2 cm³/mol. The normalized spacial score (nSPS) is 12.0. The summed E-state index contributed by atoms with van der Waals surface area (Å²) in [4.78, 5) is 0. The summed E-state index contributed by atoms with van der Waals surface area (Å²) in [5, 5.41) is 8.61. The summed E-state index contributed by atoms with van der Waals surface area (Å²) in [5.41, 5.74) is 1.47. The van der Waals surface area contributed by atoms with Gasteiger partial charge in [-0.05, 0) is 38.2 Å². The zero-order chi connectivity index (χ0) is 9.61. The molecule has 0 aromatic rings. The van der Waals surface area contributed by atoms with E-state index >= 15 is 0 Å². The highest BCUT2D eigenvalue weighted by Gasteiger charge is 2.11. The van der Waals surface area contributed by atoms with Gasteiger partial charge in [0.2, 0.25) is 0 Å². The quantitative estimate of drug-likeness (QED) is 0.499. The number of rotatable bonds is 4. The first-order valence-electron chi connectivity index (χ1n) is 4.43. The summed E-state index contributed by atoms with van der Waals surface area (Å²) in [7, 11) is 0. The summed E-state index contributed by atoms with van der Waals surface area (Å²) in [5.74, 6) is 0. The van der Waals surface area contributed by atoms with Gasteiger partial charge in [-0.3, -0.25) is 0 Å². The SMILES string of the molecule is CC(C)=CCCC(C)(C)/C=C/O. The van der Waals surface area contributed by atoms with E-state index in [0.29, 0.717) is 0 Å². The summed E-state index contributed by atoms with van der Waals surface area (Å²) in [6.07, 6.45) is 7.37. The molecule has 0 aromatic carbocycles. The van der Waals surface area contributed by atoms with Gasteiger partial charge in [-0.25, -0.2) is 0 Å². The average Bonchev–Trinajstić information content (AvgIpc) is 1.85. The van der Waals surface area contributed by atoms with E-state index in [9.17, 15) is 0 Å². The Morgan fingerprint density at radius 1 is 1.33 bits per heavy atom. The monoisotopic (exact) mass is 168 g/mol. The number of hydrogen-bond acceptors (Lipinski definition) is 1. The number of aliphatic hydroxyl groups is 1. The van der Waals surface area contributed by atoms with Crippen LogP contribution < -0.4 is 0 Å². The molecule has 0 spiro atoms. The van der Waals surface area contributed by atoms with Crippen molar-refractivity contribution in [2.75, 3.05) is 0 Å². The largest absolute Gasteiger partial charge is 0.516 e. The second-order valence-corrected chi connectivity index (χ2v) is 4.12. The van der Waals surface area contributed by atoms with Crippen LogP contribution in [0.15, 0.2) is 24.0 Å². The molecule has 0 radical (unpaired) electrons. The lowest BCUT2D eigenvalue weighted by atomic mass is 9.88. The maximum Gasteiger partial charge on any atom is 0.0757 e. The molecule has 0 unspecified atom stereocenters. The van der Waals surface area contributed by atoms with Gasteiger partial charge in [-0.2, -0.15) is 0 Å². The van der Waals surface area contributed by atoms with Gasteiger partial charge < -0.3 is 5.11 Å². The maximum atomic E-state index is 8.61. The van der Waals surface area contributed by atoms with E-state index in [2.05, 4.69) is 33.8 Å². The Balaban J connectivity index is 3.84. The standard InChI is InChI=1S/C11H20O/c1-10(2)6-5-7-11(3,4)8-9-12/h6,8-9,12H,5,7H2,1-4H3/b9-8+. The Kier molecular flexibility index (Phi) is 4.72. The Bertz CT molecular complexity index is 171. The first-order valence-corrected chi connectivity index (χ1v) is 4.43. The maximum absolute atomic E-state index is 8.61. The van der Waals surface area contributed by atoms with Crippen LogP contribution in [-0.2, 0) is 0 Å². The van der Waals surface area contributed by atoms with Crippen molar-refractivity contribution in [3.8, 4) is 0 Å². The molecule has 12 heavy (non-hydrogen) atoms. The van der Waals surface area contributed by atoms with Gasteiger partial charge in [0.15, 0.2) is 0 Å². The van der Waals surface area contributed by atoms with E-state index in [1.54, 1.807) is 0 Å². The lowest BCUT2D eigenvalue weighted by molar-refractivity contribution is 0.408. The van der Waals surface area contributed by atoms with Gasteiger partial charge in [0.05, 0.1) is 6.26 Å². The second-order valence-electron chi connectivity index (χ2n) is 4.12. The number of hydrogen-bond donors (Lipinski definition) is 1. The van der Waals surface area contributed by atoms with Crippen molar-refractivity contribution < 1.29 is 5.11 Å². The molecule has 0 atom stereocenters. The topological polar surface area (TPSA) is 20.2 Å². The molecule has 70 valence electrons. The molecule has 1 N–H and O–H groups in total. The Morgan fingerprint density at radius 2 is 1.92 bits per heavy atom. The molecular weight excluding hydrogens is 148 g/mol. The summed E-state index contributed by atoms with van der Waals surface area (Å²) in [6, 6.07) is 0. The first kappa shape index (κ1) is 11.3. The van der Waals surface area contributed by atoms with Crippen LogP contribution in [0.4, 0.5) is 0 Å². The van der Waals surface area contributed by atoms with Crippen LogP contribution in [0.5, 0.6) is 0 Å². The summed E-state index contributed by atoms with van der Waals surface area (Å²) >= 11 is 0. The van der Waals surface area contributed by atoms with Crippen molar-refractivity contribution in [2.24, 2.45) is 5.41 Å². The van der Waals surface area contributed by atoms with Crippen molar-refractivity contribution in [1.82, 2.24) is 0 Å². The number of aliphatic hydroxyl groups excluding tert-OH is 1. The molecule has 0 rings (SSSR count). The molecule has 0 saturated heterocycles. The molecule has 0 aromatic heterocycles. The lowest BCUT2D eigenvalue weighted by Gasteiger charge is -2.18. The van der Waals surface area contributed by atoms with Crippen LogP contribution >= 0.6 is 0 Å². The van der Waals surface area contributed by atoms with E-state index in [4.69, 9.17) is 5.11 Å². The smallest absolute Gasteiger partial charge is 0.0757 e. The molecule has 1 heteroatoms. The molecule has 0 saturated carbocycles. The third-order valence-corrected chi connectivity index (χ3v) is 1.87. The van der Waals surface area contributed by atoms with Gasteiger partial charge in [-0.15, -0.1) is 0 Å². The van der Waals surface area contributed by atoms with Crippen LogP contribution in [-0.4, -0.2) is 5.11 Å². The predicted octanol–water partition coefficient (Wildman–Crippen LogP) is 3.83. The van der Waals surface area contributed by atoms with E-state index < -0.39 is 0 Å². The molecule has 1 nitrogen and oxygen atoms in total. The Hall–Kier alpha value is -0.720. The van der Waals surface area contributed by atoms with Gasteiger partial charge >= 0.3 is 0 Å². The summed E-state index contributed by atoms with van der Waals surface area (Å²) < 4.78 is 0. The van der Waals surface area contributed by atoms with Crippen LogP contribution in [0.25, 0.3) is 0 Å². The minimum Gasteiger partial charge on any atom is -0.516 e. The van der Waals surface area contributed by atoms with E-state index in [1.807, 2.05) is 6.08 Å². The van der Waals surface area contributed by atoms with Gasteiger partial charge in [0, 0.05) is 0 Å². The van der Waals surface area contributed by atoms with Gasteiger partial charge in [-0.1, -0.05) is 25.5 Å². The van der Waals surface area contributed by atoms with Crippen molar-refractivity contribution >= 4 is 0 Å². The Morgan fingerprint density at radius 3 is 2.33 bits per heavy atom. The van der Waals surface area contributed by atoms with Crippen molar-refractivity contribution in [3.05, 3.63) is 24.0 Å². The molecule has 0 fully saturated rings. The molecule has 0 amide bonds. The zero-order valence-electron chi connectivity index (χ0n) is 8.59. The summed E-state index contributed by atoms with van der Waals surface area (Å²) in [6.45, 7) is 8.46. The van der Waals surface area contributed by atoms with E-state index in [-0.39, 0.29) is 5.41 Å². The molecule has 0 aliphatic heterocycles. The van der Waals surface area contributed by atoms with Crippen LogP contribution in [0.3, 0.4) is 0 Å². The third-order valence-electron chi connectivity index (χ3n) is 1.87. The van der Waals surface area contributed by atoms with Gasteiger partial charge in [0.25, 0.3) is 0 Å². The highest BCUT2D eigenvalue weighted by atomic mass is 16.2. The average molecular weight is 168 g/mol. The zero-order valence-corrected chi connectivity index (χ0v) is 8.59. The minimum atomic E-state index is 0.112. The fraction of sp³-hybridized carbons (Fsp3) is 0.636. The highest BCUT2D eigenvalue weighted by molar-refractivity contribution is 4.96. The number of allylic oxidation sites excluding steroid dienone is 3.